The Bertz CT molecular complexity index is 617. The van der Waals surface area contributed by atoms with Gasteiger partial charge in [-0.1, -0.05) is 0 Å². The van der Waals surface area contributed by atoms with Crippen LogP contribution in [0, 0.1) is 0 Å². The van der Waals surface area contributed by atoms with Crippen LogP contribution in [0.2, 0.25) is 0 Å². The molecule has 8 heteroatoms. The van der Waals surface area contributed by atoms with Gasteiger partial charge in [0.15, 0.2) is 0 Å². The van der Waals surface area contributed by atoms with Gasteiger partial charge >= 0.3 is 5.97 Å². The number of carboxylic acids is 1. The molecule has 0 amide bonds. The summed E-state index contributed by atoms with van der Waals surface area (Å²) in [5, 5.41) is 8.98. The number of nitrogens with zero attached hydrogens (tertiary/aromatic N) is 2. The molecule has 0 saturated carbocycles. The van der Waals surface area contributed by atoms with Crippen LogP contribution in [-0.2, 0) is 10.0 Å². The molecule has 0 aliphatic carbocycles. The molecule has 0 radical (unpaired) electrons. The lowest BCUT2D eigenvalue weighted by molar-refractivity contribution is 0.0696. The van der Waals surface area contributed by atoms with Gasteiger partial charge in [0.05, 0.1) is 10.5 Å². The van der Waals surface area contributed by atoms with Gasteiger partial charge in [0.25, 0.3) is 0 Å². The summed E-state index contributed by atoms with van der Waals surface area (Å²) in [6.07, 6.45) is 0.693. The van der Waals surface area contributed by atoms with E-state index in [0.717, 1.165) is 6.54 Å². The zero-order valence-electron chi connectivity index (χ0n) is 12.2. The summed E-state index contributed by atoms with van der Waals surface area (Å²) in [5.74, 6) is -1.16. The lowest BCUT2D eigenvalue weighted by Gasteiger charge is -2.19. The molecule has 0 aliphatic heterocycles. The average Bonchev–Trinajstić information content (AvgIpc) is 2.37. The van der Waals surface area contributed by atoms with E-state index in [1.54, 1.807) is 0 Å². The lowest BCUT2D eigenvalue weighted by Crippen LogP contribution is -2.30. The van der Waals surface area contributed by atoms with Crippen molar-refractivity contribution >= 4 is 31.9 Å². The van der Waals surface area contributed by atoms with Crippen LogP contribution in [0.15, 0.2) is 27.6 Å². The first-order valence-electron chi connectivity index (χ1n) is 6.30. The monoisotopic (exact) mass is 378 g/mol. The average molecular weight is 379 g/mol. The number of rotatable bonds is 7. The molecule has 0 atom stereocenters. The normalized spacial score (nSPS) is 12.1. The Morgan fingerprint density at radius 2 is 1.86 bits per heavy atom. The molecule has 0 spiro atoms. The third kappa shape index (κ3) is 4.77. The zero-order valence-corrected chi connectivity index (χ0v) is 14.6. The highest BCUT2D eigenvalue weighted by molar-refractivity contribution is 9.10. The zero-order chi connectivity index (χ0) is 16.2. The van der Waals surface area contributed by atoms with Crippen molar-refractivity contribution in [3.05, 3.63) is 28.2 Å². The molecule has 21 heavy (non-hydrogen) atoms. The Hall–Kier alpha value is -0.960. The molecule has 1 N–H and O–H groups in total. The third-order valence-corrected chi connectivity index (χ3v) is 5.80. The fourth-order valence-corrected chi connectivity index (χ4v) is 3.89. The van der Waals surface area contributed by atoms with Crippen molar-refractivity contribution < 1.29 is 18.3 Å². The summed E-state index contributed by atoms with van der Waals surface area (Å²) in [6, 6.07) is 3.96. The number of halogens is 1. The second-order valence-corrected chi connectivity index (χ2v) is 7.80. The largest absolute Gasteiger partial charge is 0.478 e. The van der Waals surface area contributed by atoms with Gasteiger partial charge in [-0.05, 0) is 61.2 Å². The van der Waals surface area contributed by atoms with Crippen molar-refractivity contribution in [1.82, 2.24) is 9.21 Å². The van der Waals surface area contributed by atoms with Crippen molar-refractivity contribution in [3.8, 4) is 0 Å². The van der Waals surface area contributed by atoms with E-state index in [4.69, 9.17) is 5.11 Å². The molecular formula is C13H19BrN2O4S. The molecule has 1 aromatic carbocycles. The van der Waals surface area contributed by atoms with Crippen LogP contribution in [0.3, 0.4) is 0 Å². The Balaban J connectivity index is 3.01. The summed E-state index contributed by atoms with van der Waals surface area (Å²) in [4.78, 5) is 12.9. The predicted molar refractivity (Wildman–Crippen MR) is 84.1 cm³/mol. The molecule has 0 heterocycles. The smallest absolute Gasteiger partial charge is 0.335 e. The van der Waals surface area contributed by atoms with Crippen LogP contribution in [0.1, 0.15) is 16.8 Å². The van der Waals surface area contributed by atoms with Crippen molar-refractivity contribution in [2.75, 3.05) is 34.2 Å². The minimum absolute atomic E-state index is 0.0326. The highest BCUT2D eigenvalue weighted by Crippen LogP contribution is 2.25. The fraction of sp³-hybridized carbons (Fsp3) is 0.462. The number of aromatic carboxylic acids is 1. The van der Waals surface area contributed by atoms with E-state index in [0.29, 0.717) is 17.4 Å². The molecule has 118 valence electrons. The van der Waals surface area contributed by atoms with Crippen molar-refractivity contribution in [2.24, 2.45) is 0 Å². The third-order valence-electron chi connectivity index (χ3n) is 2.94. The van der Waals surface area contributed by atoms with Gasteiger partial charge in [0, 0.05) is 18.1 Å². The molecule has 0 unspecified atom stereocenters. The van der Waals surface area contributed by atoms with Crippen LogP contribution in [-0.4, -0.2) is 62.9 Å². The Labute approximate surface area is 133 Å². The SMILES string of the molecule is CN(C)CCCN(C)S(=O)(=O)c1cc(C(=O)O)ccc1Br. The highest BCUT2D eigenvalue weighted by Gasteiger charge is 2.24. The van der Waals surface area contributed by atoms with E-state index in [9.17, 15) is 13.2 Å². The highest BCUT2D eigenvalue weighted by atomic mass is 79.9. The first-order valence-corrected chi connectivity index (χ1v) is 8.53. The Morgan fingerprint density at radius 3 is 2.38 bits per heavy atom. The van der Waals surface area contributed by atoms with Gasteiger partial charge in [-0.15, -0.1) is 0 Å². The topological polar surface area (TPSA) is 77.9 Å². The van der Waals surface area contributed by atoms with E-state index in [-0.39, 0.29) is 10.5 Å². The lowest BCUT2D eigenvalue weighted by atomic mass is 10.2. The first-order chi connectivity index (χ1) is 9.66. The van der Waals surface area contributed by atoms with Crippen molar-refractivity contribution in [1.29, 1.82) is 0 Å². The minimum atomic E-state index is -3.72. The molecule has 0 aromatic heterocycles. The maximum Gasteiger partial charge on any atom is 0.335 e. The summed E-state index contributed by atoms with van der Waals surface area (Å²) < 4.78 is 26.6. The number of benzene rings is 1. The minimum Gasteiger partial charge on any atom is -0.478 e. The maximum absolute atomic E-state index is 12.5. The second-order valence-electron chi connectivity index (χ2n) is 4.93. The van der Waals surface area contributed by atoms with E-state index in [2.05, 4.69) is 15.9 Å². The van der Waals surface area contributed by atoms with Gasteiger partial charge in [-0.2, -0.15) is 0 Å². The van der Waals surface area contributed by atoms with Crippen LogP contribution < -0.4 is 0 Å². The molecule has 0 saturated heterocycles. The molecular weight excluding hydrogens is 360 g/mol. The van der Waals surface area contributed by atoms with E-state index < -0.39 is 16.0 Å². The first kappa shape index (κ1) is 18.1. The Kier molecular flexibility index (Phi) is 6.33. The quantitative estimate of drug-likeness (QED) is 0.781. The van der Waals surface area contributed by atoms with Crippen LogP contribution in [0.4, 0.5) is 0 Å². The van der Waals surface area contributed by atoms with Gasteiger partial charge in [-0.3, -0.25) is 0 Å². The van der Waals surface area contributed by atoms with Gasteiger partial charge in [-0.25, -0.2) is 17.5 Å². The van der Waals surface area contributed by atoms with Crippen molar-refractivity contribution in [2.45, 2.75) is 11.3 Å². The molecule has 0 aliphatic rings. The molecule has 1 rings (SSSR count). The summed E-state index contributed by atoms with van der Waals surface area (Å²) >= 11 is 3.17. The molecule has 0 bridgehead atoms. The van der Waals surface area contributed by atoms with Crippen LogP contribution in [0.5, 0.6) is 0 Å². The van der Waals surface area contributed by atoms with E-state index in [1.165, 1.54) is 29.6 Å². The van der Waals surface area contributed by atoms with Gasteiger partial charge < -0.3 is 10.0 Å². The number of hydrogen-bond donors (Lipinski definition) is 1. The summed E-state index contributed by atoms with van der Waals surface area (Å²) in [5.41, 5.74) is -0.0570. The number of sulfonamides is 1. The van der Waals surface area contributed by atoms with Gasteiger partial charge in [0.1, 0.15) is 0 Å². The number of hydrogen-bond acceptors (Lipinski definition) is 4. The Morgan fingerprint density at radius 1 is 1.24 bits per heavy atom. The maximum atomic E-state index is 12.5. The summed E-state index contributed by atoms with van der Waals surface area (Å²) in [7, 11) is 1.61. The van der Waals surface area contributed by atoms with Crippen molar-refractivity contribution in [3.63, 3.8) is 0 Å². The van der Waals surface area contributed by atoms with Crippen LogP contribution >= 0.6 is 15.9 Å². The number of carboxylic acid groups (broad SMARTS) is 1. The standard InChI is InChI=1S/C13H19BrN2O4S/c1-15(2)7-4-8-16(3)21(19,20)12-9-10(13(17)18)5-6-11(12)14/h5-6,9H,4,7-8H2,1-3H3,(H,17,18). The molecule has 0 fully saturated rings. The molecule has 1 aromatic rings. The fourth-order valence-electron chi connectivity index (χ4n) is 1.73. The predicted octanol–water partition coefficient (Wildman–Crippen LogP) is 1.72. The van der Waals surface area contributed by atoms with E-state index in [1.807, 2.05) is 19.0 Å². The summed E-state index contributed by atoms with van der Waals surface area (Å²) in [6.45, 7) is 1.14. The number of carbonyl (C=O) groups is 1. The van der Waals surface area contributed by atoms with Crippen LogP contribution in [0.25, 0.3) is 0 Å². The van der Waals surface area contributed by atoms with Gasteiger partial charge in [0.2, 0.25) is 10.0 Å². The second kappa shape index (κ2) is 7.35. The van der Waals surface area contributed by atoms with E-state index >= 15 is 0 Å². The molecule has 6 nitrogen and oxygen atoms in total.